The number of nitrogens with zero attached hydrogens (tertiary/aromatic N) is 2. The standard InChI is InChI=1S/C20H30N4OS2.HI/c1-15(18-5-4-12-26-18)13-22-20(21-3)23-14-17(19-7-6-16(2)27-19)24-8-10-25-11-9-24;/h4-7,12,15,17H,8-11,13-14H2,1-3H3,(H2,21,22,23);1H. The normalized spacial score (nSPS) is 17.6. The fourth-order valence-electron chi connectivity index (χ4n) is 3.27. The Morgan fingerprint density at radius 1 is 1.18 bits per heavy atom. The van der Waals surface area contributed by atoms with E-state index in [4.69, 9.17) is 4.74 Å². The first kappa shape index (κ1) is 23.6. The molecule has 5 nitrogen and oxygen atoms in total. The van der Waals surface area contributed by atoms with E-state index in [0.29, 0.717) is 12.0 Å². The second kappa shape index (κ2) is 12.1. The van der Waals surface area contributed by atoms with Gasteiger partial charge in [-0.1, -0.05) is 13.0 Å². The Labute approximate surface area is 193 Å². The van der Waals surface area contributed by atoms with Gasteiger partial charge in [-0.15, -0.1) is 46.7 Å². The highest BCUT2D eigenvalue weighted by Gasteiger charge is 2.24. The van der Waals surface area contributed by atoms with Gasteiger partial charge in [0.2, 0.25) is 0 Å². The van der Waals surface area contributed by atoms with Crippen LogP contribution in [0.4, 0.5) is 0 Å². The number of thiophene rings is 2. The molecule has 1 saturated heterocycles. The van der Waals surface area contributed by atoms with E-state index >= 15 is 0 Å². The SMILES string of the molecule is CN=C(NCC(C)c1cccs1)NCC(c1ccc(C)s1)N1CCOCC1.I. The first-order valence-corrected chi connectivity index (χ1v) is 11.2. The van der Waals surface area contributed by atoms with Gasteiger partial charge in [-0.2, -0.15) is 0 Å². The van der Waals surface area contributed by atoms with Crippen LogP contribution in [0.3, 0.4) is 0 Å². The van der Waals surface area contributed by atoms with Gasteiger partial charge in [-0.25, -0.2) is 0 Å². The molecule has 2 atom stereocenters. The van der Waals surface area contributed by atoms with Crippen molar-refractivity contribution in [2.24, 2.45) is 4.99 Å². The Bertz CT molecular complexity index is 714. The summed E-state index contributed by atoms with van der Waals surface area (Å²) in [6.07, 6.45) is 0. The minimum Gasteiger partial charge on any atom is -0.379 e. The molecule has 1 aliphatic heterocycles. The molecule has 2 unspecified atom stereocenters. The monoisotopic (exact) mass is 534 g/mol. The highest BCUT2D eigenvalue weighted by atomic mass is 127. The lowest BCUT2D eigenvalue weighted by Gasteiger charge is -2.34. The summed E-state index contributed by atoms with van der Waals surface area (Å²) in [6, 6.07) is 9.13. The summed E-state index contributed by atoms with van der Waals surface area (Å²) >= 11 is 3.69. The van der Waals surface area contributed by atoms with E-state index in [1.165, 1.54) is 14.6 Å². The molecule has 156 valence electrons. The van der Waals surface area contributed by atoms with Crippen LogP contribution in [0.5, 0.6) is 0 Å². The van der Waals surface area contributed by atoms with Crippen LogP contribution >= 0.6 is 46.7 Å². The molecule has 0 aliphatic carbocycles. The highest BCUT2D eigenvalue weighted by molar-refractivity contribution is 14.0. The van der Waals surface area contributed by atoms with Gasteiger partial charge in [0, 0.05) is 53.8 Å². The molecule has 3 rings (SSSR count). The first-order chi connectivity index (χ1) is 13.2. The van der Waals surface area contributed by atoms with Gasteiger partial charge >= 0.3 is 0 Å². The van der Waals surface area contributed by atoms with Crippen molar-refractivity contribution < 1.29 is 4.74 Å². The van der Waals surface area contributed by atoms with E-state index in [0.717, 1.165) is 45.4 Å². The predicted molar refractivity (Wildman–Crippen MR) is 132 cm³/mol. The summed E-state index contributed by atoms with van der Waals surface area (Å²) in [5, 5.41) is 9.15. The Morgan fingerprint density at radius 3 is 2.54 bits per heavy atom. The summed E-state index contributed by atoms with van der Waals surface area (Å²) in [5.74, 6) is 1.34. The Morgan fingerprint density at radius 2 is 1.93 bits per heavy atom. The molecular formula is C20H31IN4OS2. The second-order valence-corrected chi connectivity index (χ2v) is 9.16. The van der Waals surface area contributed by atoms with Crippen LogP contribution in [-0.2, 0) is 4.74 Å². The molecule has 0 saturated carbocycles. The van der Waals surface area contributed by atoms with Gasteiger partial charge in [0.05, 0.1) is 19.3 Å². The summed E-state index contributed by atoms with van der Waals surface area (Å²) in [7, 11) is 1.84. The molecule has 28 heavy (non-hydrogen) atoms. The van der Waals surface area contributed by atoms with Crippen LogP contribution in [0.2, 0.25) is 0 Å². The van der Waals surface area contributed by atoms with Crippen molar-refractivity contribution in [1.82, 2.24) is 15.5 Å². The molecule has 8 heteroatoms. The lowest BCUT2D eigenvalue weighted by molar-refractivity contribution is 0.0177. The molecule has 1 aliphatic rings. The molecule has 0 spiro atoms. The zero-order valence-corrected chi connectivity index (χ0v) is 20.8. The number of halogens is 1. The Kier molecular flexibility index (Phi) is 10.2. The van der Waals surface area contributed by atoms with Gasteiger partial charge in [0.15, 0.2) is 5.96 Å². The number of aliphatic imine (C=N–C) groups is 1. The maximum absolute atomic E-state index is 5.54. The van der Waals surface area contributed by atoms with Crippen LogP contribution < -0.4 is 10.6 Å². The van der Waals surface area contributed by atoms with Crippen molar-refractivity contribution in [2.45, 2.75) is 25.8 Å². The zero-order valence-electron chi connectivity index (χ0n) is 16.8. The quantitative estimate of drug-likeness (QED) is 0.320. The van der Waals surface area contributed by atoms with E-state index < -0.39 is 0 Å². The van der Waals surface area contributed by atoms with E-state index in [1.54, 1.807) is 0 Å². The van der Waals surface area contributed by atoms with E-state index in [2.05, 4.69) is 64.0 Å². The molecule has 0 bridgehead atoms. The third kappa shape index (κ3) is 6.69. The topological polar surface area (TPSA) is 48.9 Å². The molecule has 2 aromatic rings. The molecule has 0 aromatic carbocycles. The predicted octanol–water partition coefficient (Wildman–Crippen LogP) is 4.08. The van der Waals surface area contributed by atoms with Crippen LogP contribution in [0.15, 0.2) is 34.6 Å². The van der Waals surface area contributed by atoms with Gasteiger partial charge in [0.25, 0.3) is 0 Å². The van der Waals surface area contributed by atoms with E-state index in [9.17, 15) is 0 Å². The maximum Gasteiger partial charge on any atom is 0.191 e. The molecule has 2 N–H and O–H groups in total. The van der Waals surface area contributed by atoms with Crippen molar-refractivity contribution in [1.29, 1.82) is 0 Å². The van der Waals surface area contributed by atoms with Crippen molar-refractivity contribution in [3.8, 4) is 0 Å². The minimum atomic E-state index is 0. The van der Waals surface area contributed by atoms with Gasteiger partial charge < -0.3 is 15.4 Å². The largest absolute Gasteiger partial charge is 0.379 e. The van der Waals surface area contributed by atoms with E-state index in [1.807, 2.05) is 29.7 Å². The molecule has 0 radical (unpaired) electrons. The number of rotatable bonds is 7. The average molecular weight is 535 g/mol. The molecule has 0 amide bonds. The van der Waals surface area contributed by atoms with Gasteiger partial charge in [-0.05, 0) is 30.5 Å². The van der Waals surface area contributed by atoms with Crippen molar-refractivity contribution in [2.75, 3.05) is 46.4 Å². The highest BCUT2D eigenvalue weighted by Crippen LogP contribution is 2.28. The van der Waals surface area contributed by atoms with Crippen LogP contribution in [0.25, 0.3) is 0 Å². The fourth-order valence-corrected chi connectivity index (χ4v) is 5.07. The summed E-state index contributed by atoms with van der Waals surface area (Å²) in [6.45, 7) is 9.71. The second-order valence-electron chi connectivity index (χ2n) is 6.86. The van der Waals surface area contributed by atoms with E-state index in [-0.39, 0.29) is 24.0 Å². The molecule has 3 heterocycles. The maximum atomic E-state index is 5.54. The summed E-state index contributed by atoms with van der Waals surface area (Å²) in [5.41, 5.74) is 0. The number of hydrogen-bond donors (Lipinski definition) is 2. The Hall–Kier alpha value is -0.680. The number of morpholine rings is 1. The summed E-state index contributed by atoms with van der Waals surface area (Å²) < 4.78 is 5.54. The Balaban J connectivity index is 0.00000280. The number of nitrogens with one attached hydrogen (secondary N) is 2. The lowest BCUT2D eigenvalue weighted by atomic mass is 10.1. The molecular weight excluding hydrogens is 503 g/mol. The number of hydrogen-bond acceptors (Lipinski definition) is 5. The smallest absolute Gasteiger partial charge is 0.191 e. The number of ether oxygens (including phenoxy) is 1. The zero-order chi connectivity index (χ0) is 19.1. The summed E-state index contributed by atoms with van der Waals surface area (Å²) in [4.78, 5) is 11.1. The minimum absolute atomic E-state index is 0. The van der Waals surface area contributed by atoms with Crippen molar-refractivity contribution in [3.63, 3.8) is 0 Å². The number of aryl methyl sites for hydroxylation is 1. The van der Waals surface area contributed by atoms with Crippen LogP contribution in [0, 0.1) is 6.92 Å². The fraction of sp³-hybridized carbons (Fsp3) is 0.550. The lowest BCUT2D eigenvalue weighted by Crippen LogP contribution is -2.46. The van der Waals surface area contributed by atoms with Gasteiger partial charge in [0.1, 0.15) is 0 Å². The third-order valence-corrected chi connectivity index (χ3v) is 7.07. The van der Waals surface area contributed by atoms with Crippen LogP contribution in [-0.4, -0.2) is 57.3 Å². The molecule has 1 fully saturated rings. The van der Waals surface area contributed by atoms with Gasteiger partial charge in [-0.3, -0.25) is 9.89 Å². The number of guanidine groups is 1. The van der Waals surface area contributed by atoms with Crippen molar-refractivity contribution >= 4 is 52.6 Å². The van der Waals surface area contributed by atoms with Crippen molar-refractivity contribution in [3.05, 3.63) is 44.3 Å². The van der Waals surface area contributed by atoms with Crippen LogP contribution in [0.1, 0.15) is 33.5 Å². The first-order valence-electron chi connectivity index (χ1n) is 9.53. The average Bonchev–Trinajstić information content (AvgIpc) is 3.37. The molecule has 2 aromatic heterocycles. The third-order valence-electron chi connectivity index (χ3n) is 4.87.